The Morgan fingerprint density at radius 1 is 0.958 bits per heavy atom. The van der Waals surface area contributed by atoms with Gasteiger partial charge >= 0.3 is 0 Å². The van der Waals surface area contributed by atoms with Gasteiger partial charge in [0.1, 0.15) is 0 Å². The zero-order valence-electron chi connectivity index (χ0n) is 14.7. The summed E-state index contributed by atoms with van der Waals surface area (Å²) in [6, 6.07) is 7.72. The molecule has 2 heterocycles. The van der Waals surface area contributed by atoms with Crippen molar-refractivity contribution in [2.45, 2.75) is 25.7 Å². The van der Waals surface area contributed by atoms with Gasteiger partial charge < -0.3 is 14.7 Å². The number of anilines is 1. The molecule has 0 saturated carbocycles. The van der Waals surface area contributed by atoms with Crippen LogP contribution in [-0.4, -0.2) is 61.9 Å². The van der Waals surface area contributed by atoms with Gasteiger partial charge in [-0.15, -0.1) is 0 Å². The van der Waals surface area contributed by atoms with Crippen molar-refractivity contribution in [3.05, 3.63) is 29.8 Å². The van der Waals surface area contributed by atoms with Crippen LogP contribution in [0.2, 0.25) is 0 Å². The van der Waals surface area contributed by atoms with Crippen LogP contribution in [0.3, 0.4) is 0 Å². The average Bonchev–Trinajstić information content (AvgIpc) is 3.15. The van der Waals surface area contributed by atoms with Crippen LogP contribution in [0.15, 0.2) is 24.3 Å². The maximum Gasteiger partial charge on any atom is 0.255 e. The van der Waals surface area contributed by atoms with Crippen molar-refractivity contribution in [1.29, 1.82) is 0 Å². The molecule has 0 spiro atoms. The van der Waals surface area contributed by atoms with Crippen molar-refractivity contribution in [3.8, 4) is 0 Å². The molecule has 2 aliphatic rings. The molecule has 0 N–H and O–H groups in total. The van der Waals surface area contributed by atoms with Gasteiger partial charge in [-0.2, -0.15) is 0 Å². The summed E-state index contributed by atoms with van der Waals surface area (Å²) in [4.78, 5) is 31.2. The maximum atomic E-state index is 12.9. The molecule has 0 bridgehead atoms. The van der Waals surface area contributed by atoms with Crippen LogP contribution >= 0.6 is 0 Å². The molecule has 1 aromatic carbocycles. The van der Waals surface area contributed by atoms with E-state index in [4.69, 9.17) is 0 Å². The number of carbonyl (C=O) groups excluding carboxylic acids is 2. The van der Waals surface area contributed by atoms with Crippen molar-refractivity contribution < 1.29 is 9.59 Å². The van der Waals surface area contributed by atoms with Crippen molar-refractivity contribution in [2.75, 3.05) is 45.2 Å². The highest BCUT2D eigenvalue weighted by Gasteiger charge is 2.31. The zero-order valence-corrected chi connectivity index (χ0v) is 14.7. The number of piperidine rings is 1. The van der Waals surface area contributed by atoms with Gasteiger partial charge in [0.05, 0.1) is 5.56 Å². The first-order valence-electron chi connectivity index (χ1n) is 8.92. The monoisotopic (exact) mass is 329 g/mol. The summed E-state index contributed by atoms with van der Waals surface area (Å²) >= 11 is 0. The average molecular weight is 329 g/mol. The Labute approximate surface area is 144 Å². The van der Waals surface area contributed by atoms with Gasteiger partial charge in [-0.25, -0.2) is 0 Å². The van der Waals surface area contributed by atoms with E-state index in [-0.39, 0.29) is 11.8 Å². The summed E-state index contributed by atoms with van der Waals surface area (Å²) in [5.41, 5.74) is 1.68. The predicted molar refractivity (Wildman–Crippen MR) is 95.2 cm³/mol. The molecule has 1 aromatic rings. The normalized spacial score (nSPS) is 18.8. The summed E-state index contributed by atoms with van der Waals surface area (Å²) in [7, 11) is 3.90. The number of likely N-dealkylation sites (tertiary alicyclic amines) is 2. The number of nitrogens with zero attached hydrogens (tertiary/aromatic N) is 3. The molecule has 2 amide bonds. The first-order chi connectivity index (χ1) is 11.6. The highest BCUT2D eigenvalue weighted by Crippen LogP contribution is 2.25. The maximum absolute atomic E-state index is 12.9. The van der Waals surface area contributed by atoms with Gasteiger partial charge in [-0.3, -0.25) is 9.59 Å². The molecule has 2 fully saturated rings. The Balaban J connectivity index is 1.62. The first kappa shape index (κ1) is 16.8. The molecule has 0 atom stereocenters. The fourth-order valence-corrected chi connectivity index (χ4v) is 3.74. The minimum atomic E-state index is 0.0753. The Hall–Kier alpha value is -2.04. The quantitative estimate of drug-likeness (QED) is 0.854. The molecular formula is C19H27N3O2. The van der Waals surface area contributed by atoms with Crippen LogP contribution in [0.1, 0.15) is 36.0 Å². The van der Waals surface area contributed by atoms with Gasteiger partial charge in [-0.05, 0) is 37.8 Å². The highest BCUT2D eigenvalue weighted by molar-refractivity contribution is 5.99. The predicted octanol–water partition coefficient (Wildman–Crippen LogP) is 2.23. The number of carbonyl (C=O) groups is 2. The van der Waals surface area contributed by atoms with E-state index < -0.39 is 0 Å². The van der Waals surface area contributed by atoms with Crippen molar-refractivity contribution >= 4 is 17.5 Å². The molecule has 5 nitrogen and oxygen atoms in total. The van der Waals surface area contributed by atoms with E-state index in [1.165, 1.54) is 0 Å². The van der Waals surface area contributed by atoms with E-state index in [1.54, 1.807) is 0 Å². The van der Waals surface area contributed by atoms with Crippen molar-refractivity contribution in [2.24, 2.45) is 5.92 Å². The summed E-state index contributed by atoms with van der Waals surface area (Å²) < 4.78 is 0. The van der Waals surface area contributed by atoms with E-state index in [0.29, 0.717) is 19.0 Å². The van der Waals surface area contributed by atoms with Crippen LogP contribution < -0.4 is 4.90 Å². The molecule has 2 saturated heterocycles. The Kier molecular flexibility index (Phi) is 5.07. The van der Waals surface area contributed by atoms with Gasteiger partial charge in [0, 0.05) is 51.9 Å². The van der Waals surface area contributed by atoms with Gasteiger partial charge in [0.2, 0.25) is 5.91 Å². The number of amides is 2. The molecule has 2 aliphatic heterocycles. The molecular weight excluding hydrogens is 302 g/mol. The van der Waals surface area contributed by atoms with Crippen LogP contribution in [-0.2, 0) is 4.79 Å². The fraction of sp³-hybridized carbons (Fsp3) is 0.579. The second-order valence-corrected chi connectivity index (χ2v) is 7.01. The van der Waals surface area contributed by atoms with Crippen LogP contribution in [0.5, 0.6) is 0 Å². The topological polar surface area (TPSA) is 43.9 Å². The summed E-state index contributed by atoms with van der Waals surface area (Å²) in [6.45, 7) is 3.16. The molecule has 0 unspecified atom stereocenters. The lowest BCUT2D eigenvalue weighted by molar-refractivity contribution is -0.135. The Bertz CT molecular complexity index is 600. The number of hydrogen-bond acceptors (Lipinski definition) is 3. The minimum Gasteiger partial charge on any atom is -0.377 e. The number of rotatable bonds is 3. The lowest BCUT2D eigenvalue weighted by Crippen LogP contribution is -2.44. The standard InChI is InChI=1S/C19H27N3O2/c1-20(2)17-8-4-3-7-16(17)19(24)22-13-9-15(10-14-22)18(23)21-11-5-6-12-21/h3-4,7-8,15H,5-6,9-14H2,1-2H3. The highest BCUT2D eigenvalue weighted by atomic mass is 16.2. The van der Waals surface area contributed by atoms with E-state index in [1.807, 2.05) is 53.1 Å². The molecule has 5 heteroatoms. The van der Waals surface area contributed by atoms with Crippen molar-refractivity contribution in [3.63, 3.8) is 0 Å². The molecule has 130 valence electrons. The van der Waals surface area contributed by atoms with Crippen LogP contribution in [0, 0.1) is 5.92 Å². The Morgan fingerprint density at radius 3 is 2.21 bits per heavy atom. The molecule has 24 heavy (non-hydrogen) atoms. The van der Waals surface area contributed by atoms with E-state index in [9.17, 15) is 9.59 Å². The second kappa shape index (κ2) is 7.24. The second-order valence-electron chi connectivity index (χ2n) is 7.01. The lowest BCUT2D eigenvalue weighted by atomic mass is 9.94. The van der Waals surface area contributed by atoms with Gasteiger partial charge in [0.15, 0.2) is 0 Å². The summed E-state index contributed by atoms with van der Waals surface area (Å²) in [5.74, 6) is 0.468. The van der Waals surface area contributed by atoms with E-state index in [0.717, 1.165) is 50.0 Å². The summed E-state index contributed by atoms with van der Waals surface area (Å²) in [5, 5.41) is 0. The van der Waals surface area contributed by atoms with Crippen LogP contribution in [0.25, 0.3) is 0 Å². The van der Waals surface area contributed by atoms with E-state index >= 15 is 0 Å². The largest absolute Gasteiger partial charge is 0.377 e. The van der Waals surface area contributed by atoms with Crippen molar-refractivity contribution in [1.82, 2.24) is 9.80 Å². The number of benzene rings is 1. The minimum absolute atomic E-state index is 0.0753. The third-order valence-corrected chi connectivity index (χ3v) is 5.17. The van der Waals surface area contributed by atoms with Crippen LogP contribution in [0.4, 0.5) is 5.69 Å². The number of hydrogen-bond donors (Lipinski definition) is 0. The van der Waals surface area contributed by atoms with E-state index in [2.05, 4.69) is 0 Å². The van der Waals surface area contributed by atoms with Gasteiger partial charge in [0.25, 0.3) is 5.91 Å². The smallest absolute Gasteiger partial charge is 0.255 e. The summed E-state index contributed by atoms with van der Waals surface area (Å²) in [6.07, 6.45) is 3.82. The zero-order chi connectivity index (χ0) is 17.1. The molecule has 0 aliphatic carbocycles. The van der Waals surface area contributed by atoms with Gasteiger partial charge in [-0.1, -0.05) is 12.1 Å². The third kappa shape index (κ3) is 3.40. The molecule has 3 rings (SSSR count). The Morgan fingerprint density at radius 2 is 1.58 bits per heavy atom. The third-order valence-electron chi connectivity index (χ3n) is 5.17. The lowest BCUT2D eigenvalue weighted by Gasteiger charge is -2.33. The SMILES string of the molecule is CN(C)c1ccccc1C(=O)N1CCC(C(=O)N2CCCC2)CC1. The first-order valence-corrected chi connectivity index (χ1v) is 8.92. The molecule has 0 aromatic heterocycles. The fourth-order valence-electron chi connectivity index (χ4n) is 3.74. The number of para-hydroxylation sites is 1. The molecule has 0 radical (unpaired) electrons.